The lowest BCUT2D eigenvalue weighted by atomic mass is 10.1. The average molecular weight is 385 g/mol. The van der Waals surface area contributed by atoms with Gasteiger partial charge in [0.25, 0.3) is 0 Å². The molecular formula is C11H5ClF3IN2. The molecule has 2 rings (SSSR count). The smallest absolute Gasteiger partial charge is 0.235 e. The van der Waals surface area contributed by atoms with E-state index in [0.717, 1.165) is 6.07 Å². The lowest BCUT2D eigenvalue weighted by Crippen LogP contribution is -2.08. The third kappa shape index (κ3) is 2.74. The molecule has 0 aliphatic heterocycles. The predicted octanol–water partition coefficient (Wildman–Crippen LogP) is 4.42. The van der Waals surface area contributed by atoms with Crippen LogP contribution in [0.2, 0.25) is 5.15 Å². The largest absolute Gasteiger partial charge is 0.417 e. The van der Waals surface area contributed by atoms with Gasteiger partial charge >= 0.3 is 6.18 Å². The van der Waals surface area contributed by atoms with Gasteiger partial charge in [0, 0.05) is 11.8 Å². The van der Waals surface area contributed by atoms with Crippen molar-refractivity contribution >= 4 is 34.2 Å². The van der Waals surface area contributed by atoms with Crippen LogP contribution in [0.5, 0.6) is 0 Å². The van der Waals surface area contributed by atoms with Crippen molar-refractivity contribution in [2.75, 3.05) is 0 Å². The van der Waals surface area contributed by atoms with E-state index in [1.54, 1.807) is 0 Å². The van der Waals surface area contributed by atoms with E-state index in [0.29, 0.717) is 3.57 Å². The van der Waals surface area contributed by atoms with Crippen molar-refractivity contribution in [2.24, 2.45) is 0 Å². The Morgan fingerprint density at radius 3 is 2.44 bits per heavy atom. The summed E-state index contributed by atoms with van der Waals surface area (Å²) in [6, 6.07) is 5.13. The van der Waals surface area contributed by atoms with E-state index in [-0.39, 0.29) is 16.5 Å². The molecule has 0 saturated carbocycles. The summed E-state index contributed by atoms with van der Waals surface area (Å²) >= 11 is 7.70. The number of hydrogen-bond donors (Lipinski definition) is 0. The molecule has 0 aliphatic carbocycles. The first-order chi connectivity index (χ1) is 8.39. The molecule has 2 nitrogen and oxygen atoms in total. The first-order valence-electron chi connectivity index (χ1n) is 4.74. The molecule has 1 aromatic carbocycles. The Kier molecular flexibility index (Phi) is 3.76. The highest BCUT2D eigenvalue weighted by Gasteiger charge is 2.34. The zero-order valence-electron chi connectivity index (χ0n) is 8.67. The summed E-state index contributed by atoms with van der Waals surface area (Å²) in [6.07, 6.45) is -3.06. The van der Waals surface area contributed by atoms with Gasteiger partial charge in [-0.05, 0) is 28.7 Å². The van der Waals surface area contributed by atoms with Gasteiger partial charge in [-0.25, -0.2) is 9.97 Å². The molecule has 0 spiro atoms. The minimum Gasteiger partial charge on any atom is -0.235 e. The number of halogens is 5. The molecule has 0 amide bonds. The van der Waals surface area contributed by atoms with Gasteiger partial charge < -0.3 is 0 Å². The van der Waals surface area contributed by atoms with Crippen LogP contribution >= 0.6 is 34.2 Å². The van der Waals surface area contributed by atoms with Gasteiger partial charge in [0.2, 0.25) is 0 Å². The maximum absolute atomic E-state index is 12.8. The first-order valence-corrected chi connectivity index (χ1v) is 6.20. The van der Waals surface area contributed by atoms with Crippen molar-refractivity contribution < 1.29 is 13.2 Å². The zero-order valence-corrected chi connectivity index (χ0v) is 11.6. The van der Waals surface area contributed by atoms with Gasteiger partial charge in [-0.15, -0.1) is 0 Å². The molecule has 94 valence electrons. The molecule has 0 atom stereocenters. The fourth-order valence-electron chi connectivity index (χ4n) is 1.40. The number of hydrogen-bond acceptors (Lipinski definition) is 2. The predicted molar refractivity (Wildman–Crippen MR) is 70.2 cm³/mol. The molecule has 0 N–H and O–H groups in total. The zero-order chi connectivity index (χ0) is 13.3. The summed E-state index contributed by atoms with van der Waals surface area (Å²) in [6.45, 7) is 0. The van der Waals surface area contributed by atoms with E-state index in [1.807, 2.05) is 22.6 Å². The minimum atomic E-state index is -4.45. The highest BCUT2D eigenvalue weighted by Crippen LogP contribution is 2.36. The van der Waals surface area contributed by atoms with E-state index in [4.69, 9.17) is 11.6 Å². The Morgan fingerprint density at radius 1 is 1.17 bits per heavy atom. The Balaban J connectivity index is 2.61. The van der Waals surface area contributed by atoms with Crippen LogP contribution in [0, 0.1) is 3.57 Å². The normalized spacial score (nSPS) is 11.6. The number of alkyl halides is 3. The number of nitrogens with zero attached hydrogens (tertiary/aromatic N) is 2. The Labute approximate surface area is 119 Å². The second-order valence-electron chi connectivity index (χ2n) is 3.38. The lowest BCUT2D eigenvalue weighted by molar-refractivity contribution is -0.137. The Hall–Kier alpha value is -0.890. The average Bonchev–Trinajstić information content (AvgIpc) is 2.32. The van der Waals surface area contributed by atoms with Crippen molar-refractivity contribution in [1.82, 2.24) is 9.97 Å². The van der Waals surface area contributed by atoms with Crippen LogP contribution in [0.3, 0.4) is 0 Å². The lowest BCUT2D eigenvalue weighted by Gasteiger charge is -2.11. The van der Waals surface area contributed by atoms with Crippen LogP contribution in [0.1, 0.15) is 5.56 Å². The van der Waals surface area contributed by atoms with Gasteiger partial charge in [0.05, 0.1) is 9.13 Å². The van der Waals surface area contributed by atoms with Crippen LogP contribution in [0.15, 0.2) is 30.5 Å². The van der Waals surface area contributed by atoms with Crippen molar-refractivity contribution in [3.63, 3.8) is 0 Å². The SMILES string of the molecule is FC(F)(F)c1ccccc1-c1ncc(I)c(Cl)n1. The maximum Gasteiger partial charge on any atom is 0.417 e. The third-order valence-corrected chi connectivity index (χ3v) is 3.57. The second kappa shape index (κ2) is 5.00. The van der Waals surface area contributed by atoms with Gasteiger partial charge in [-0.2, -0.15) is 13.2 Å². The molecule has 0 saturated heterocycles. The minimum absolute atomic E-state index is 0.0339. The molecule has 1 heterocycles. The van der Waals surface area contributed by atoms with Gasteiger partial charge in [-0.1, -0.05) is 29.8 Å². The third-order valence-electron chi connectivity index (χ3n) is 2.17. The topological polar surface area (TPSA) is 25.8 Å². The summed E-state index contributed by atoms with van der Waals surface area (Å²) < 4.78 is 39.1. The number of rotatable bonds is 1. The van der Waals surface area contributed by atoms with E-state index >= 15 is 0 Å². The quantitative estimate of drug-likeness (QED) is 0.537. The first kappa shape index (κ1) is 13.5. The summed E-state index contributed by atoms with van der Waals surface area (Å²) in [4.78, 5) is 7.74. The van der Waals surface area contributed by atoms with E-state index < -0.39 is 11.7 Å². The number of benzene rings is 1. The summed E-state index contributed by atoms with van der Waals surface area (Å²) in [7, 11) is 0. The molecular weight excluding hydrogens is 379 g/mol. The fraction of sp³-hybridized carbons (Fsp3) is 0.0909. The molecule has 0 unspecified atom stereocenters. The summed E-state index contributed by atoms with van der Waals surface area (Å²) in [5, 5.41) is 0.137. The fourth-order valence-corrected chi connectivity index (χ4v) is 1.79. The van der Waals surface area contributed by atoms with E-state index in [1.165, 1.54) is 24.4 Å². The molecule has 0 aliphatic rings. The van der Waals surface area contributed by atoms with Gasteiger partial charge in [-0.3, -0.25) is 0 Å². The van der Waals surface area contributed by atoms with Crippen molar-refractivity contribution in [2.45, 2.75) is 6.18 Å². The number of aromatic nitrogens is 2. The van der Waals surface area contributed by atoms with Crippen molar-refractivity contribution in [3.8, 4) is 11.4 Å². The van der Waals surface area contributed by atoms with Crippen LogP contribution < -0.4 is 0 Å². The summed E-state index contributed by atoms with van der Waals surface area (Å²) in [5.41, 5.74) is -0.856. The molecule has 0 bridgehead atoms. The van der Waals surface area contributed by atoms with Gasteiger partial charge in [0.15, 0.2) is 5.82 Å². The highest BCUT2D eigenvalue weighted by atomic mass is 127. The van der Waals surface area contributed by atoms with Crippen molar-refractivity contribution in [1.29, 1.82) is 0 Å². The molecule has 0 radical (unpaired) electrons. The van der Waals surface area contributed by atoms with E-state index in [2.05, 4.69) is 9.97 Å². The monoisotopic (exact) mass is 384 g/mol. The highest BCUT2D eigenvalue weighted by molar-refractivity contribution is 14.1. The molecule has 2 aromatic rings. The summed E-state index contributed by atoms with van der Waals surface area (Å²) in [5.74, 6) is -0.0339. The van der Waals surface area contributed by atoms with Crippen LogP contribution in [-0.2, 0) is 6.18 Å². The Bertz CT molecular complexity index is 587. The molecule has 1 aromatic heterocycles. The van der Waals surface area contributed by atoms with Crippen LogP contribution in [-0.4, -0.2) is 9.97 Å². The molecule has 18 heavy (non-hydrogen) atoms. The standard InChI is InChI=1S/C11H5ClF3IN2/c12-9-8(16)5-17-10(18-9)6-3-1-2-4-7(6)11(13,14)15/h1-5H. The Morgan fingerprint density at radius 2 is 1.83 bits per heavy atom. The maximum atomic E-state index is 12.8. The van der Waals surface area contributed by atoms with Crippen LogP contribution in [0.4, 0.5) is 13.2 Å². The second-order valence-corrected chi connectivity index (χ2v) is 4.90. The molecule has 7 heteroatoms. The van der Waals surface area contributed by atoms with Gasteiger partial charge in [0.1, 0.15) is 5.15 Å². The molecule has 0 fully saturated rings. The van der Waals surface area contributed by atoms with Crippen LogP contribution in [0.25, 0.3) is 11.4 Å². The van der Waals surface area contributed by atoms with E-state index in [9.17, 15) is 13.2 Å². The van der Waals surface area contributed by atoms with Crippen molar-refractivity contribution in [3.05, 3.63) is 44.7 Å².